The third-order valence-corrected chi connectivity index (χ3v) is 5.83. The second-order valence-corrected chi connectivity index (χ2v) is 7.84. The second kappa shape index (κ2) is 8.51. The summed E-state index contributed by atoms with van der Waals surface area (Å²) in [5, 5.41) is 4.93. The predicted octanol–water partition coefficient (Wildman–Crippen LogP) is 3.31. The van der Waals surface area contributed by atoms with Crippen molar-refractivity contribution in [2.24, 2.45) is 0 Å². The average molecular weight is 342 g/mol. The van der Waals surface area contributed by atoms with E-state index in [4.69, 9.17) is 0 Å². The molecule has 2 rings (SSSR count). The second-order valence-electron chi connectivity index (χ2n) is 4.53. The fraction of sp³-hybridized carbons (Fsp3) is 0.500. The van der Waals surface area contributed by atoms with Crippen LogP contribution in [0.3, 0.4) is 0 Å². The number of carbonyl (C=O) groups excluding carboxylic acids is 1. The lowest BCUT2D eigenvalue weighted by Gasteiger charge is -2.03. The minimum Gasteiger partial charge on any atom is -0.356 e. The summed E-state index contributed by atoms with van der Waals surface area (Å²) in [5.74, 6) is 1.06. The van der Waals surface area contributed by atoms with Gasteiger partial charge in [0.25, 0.3) is 0 Å². The summed E-state index contributed by atoms with van der Waals surface area (Å²) in [7, 11) is 0. The first kappa shape index (κ1) is 16.5. The van der Waals surface area contributed by atoms with Gasteiger partial charge in [-0.25, -0.2) is 9.97 Å². The van der Waals surface area contributed by atoms with Crippen LogP contribution in [0.1, 0.15) is 29.6 Å². The molecule has 21 heavy (non-hydrogen) atoms. The van der Waals surface area contributed by atoms with Gasteiger partial charge in [-0.05, 0) is 25.5 Å². The molecule has 0 bridgehead atoms. The van der Waals surface area contributed by atoms with Crippen LogP contribution in [-0.2, 0) is 17.6 Å². The molecule has 2 heterocycles. The molecule has 2 aromatic rings. The molecular weight excluding hydrogens is 322 g/mol. The van der Waals surface area contributed by atoms with Gasteiger partial charge in [-0.15, -0.1) is 22.7 Å². The van der Waals surface area contributed by atoms with Crippen LogP contribution in [0.4, 0.5) is 0 Å². The molecule has 2 aromatic heterocycles. The van der Waals surface area contributed by atoms with Gasteiger partial charge >= 0.3 is 0 Å². The Kier molecular flexibility index (Phi) is 6.66. The van der Waals surface area contributed by atoms with Crippen LogP contribution in [0.5, 0.6) is 0 Å². The van der Waals surface area contributed by atoms with Crippen LogP contribution < -0.4 is 5.32 Å². The number of hydrogen-bond donors (Lipinski definition) is 1. The molecule has 0 atom stereocenters. The lowest BCUT2D eigenvalue weighted by atomic mass is 10.2. The standard InChI is InChI=1S/C14H19N3OS3/c1-3-19-14-17-11(8-20-14)7-13(18)15-6-4-5-12-10(2)16-9-21-12/h8-9H,3-7H2,1-2H3,(H,15,18). The molecule has 1 N–H and O–H groups in total. The predicted molar refractivity (Wildman–Crippen MR) is 90.4 cm³/mol. The Morgan fingerprint density at radius 1 is 1.43 bits per heavy atom. The molecular formula is C14H19N3OS3. The number of aryl methyl sites for hydroxylation is 2. The molecule has 0 spiro atoms. The zero-order valence-corrected chi connectivity index (χ0v) is 14.7. The molecule has 7 heteroatoms. The van der Waals surface area contributed by atoms with Crippen LogP contribution in [-0.4, -0.2) is 28.2 Å². The maximum atomic E-state index is 11.8. The normalized spacial score (nSPS) is 10.8. The minimum atomic E-state index is 0.0503. The van der Waals surface area contributed by atoms with Gasteiger partial charge in [0.15, 0.2) is 0 Å². The highest BCUT2D eigenvalue weighted by Crippen LogP contribution is 2.22. The SMILES string of the molecule is CCSc1nc(CC(=O)NCCCc2scnc2C)cs1. The summed E-state index contributed by atoms with van der Waals surface area (Å²) in [6, 6.07) is 0. The van der Waals surface area contributed by atoms with E-state index in [0.29, 0.717) is 13.0 Å². The highest BCUT2D eigenvalue weighted by molar-refractivity contribution is 8.00. The number of rotatable bonds is 8. The summed E-state index contributed by atoms with van der Waals surface area (Å²) in [4.78, 5) is 21.8. The number of nitrogens with zero attached hydrogens (tertiary/aromatic N) is 2. The van der Waals surface area contributed by atoms with E-state index in [-0.39, 0.29) is 5.91 Å². The Labute approximate surface area is 137 Å². The zero-order chi connectivity index (χ0) is 15.1. The molecule has 0 aliphatic rings. The fourth-order valence-corrected chi connectivity index (χ4v) is 4.39. The van der Waals surface area contributed by atoms with Gasteiger partial charge in [0.1, 0.15) is 4.34 Å². The smallest absolute Gasteiger partial charge is 0.226 e. The van der Waals surface area contributed by atoms with E-state index < -0.39 is 0 Å². The molecule has 0 aromatic carbocycles. The average Bonchev–Trinajstić information content (AvgIpc) is 3.05. The van der Waals surface area contributed by atoms with Crippen molar-refractivity contribution < 1.29 is 4.79 Å². The number of nitrogens with one attached hydrogen (secondary N) is 1. The van der Waals surface area contributed by atoms with Gasteiger partial charge < -0.3 is 5.32 Å². The molecule has 1 amide bonds. The van der Waals surface area contributed by atoms with Gasteiger partial charge in [-0.1, -0.05) is 18.7 Å². The van der Waals surface area contributed by atoms with Gasteiger partial charge in [-0.2, -0.15) is 0 Å². The van der Waals surface area contributed by atoms with Crippen LogP contribution >= 0.6 is 34.4 Å². The first-order chi connectivity index (χ1) is 10.2. The van der Waals surface area contributed by atoms with Crippen molar-refractivity contribution >= 4 is 40.3 Å². The maximum absolute atomic E-state index is 11.8. The van der Waals surface area contributed by atoms with Crippen LogP contribution in [0.15, 0.2) is 15.2 Å². The first-order valence-electron chi connectivity index (χ1n) is 6.92. The largest absolute Gasteiger partial charge is 0.356 e. The van der Waals surface area contributed by atoms with E-state index in [1.807, 2.05) is 17.8 Å². The first-order valence-corrected chi connectivity index (χ1v) is 9.66. The van der Waals surface area contributed by atoms with Crippen molar-refractivity contribution in [3.8, 4) is 0 Å². The Morgan fingerprint density at radius 3 is 3.00 bits per heavy atom. The van der Waals surface area contributed by atoms with E-state index in [1.165, 1.54) is 4.88 Å². The van der Waals surface area contributed by atoms with E-state index in [1.54, 1.807) is 34.4 Å². The van der Waals surface area contributed by atoms with E-state index in [2.05, 4.69) is 22.2 Å². The molecule has 0 aliphatic heterocycles. The summed E-state index contributed by atoms with van der Waals surface area (Å²) in [5.41, 5.74) is 3.85. The van der Waals surface area contributed by atoms with Gasteiger partial charge in [0.05, 0.1) is 23.3 Å². The van der Waals surface area contributed by atoms with Gasteiger partial charge in [0, 0.05) is 16.8 Å². The van der Waals surface area contributed by atoms with E-state index >= 15 is 0 Å². The van der Waals surface area contributed by atoms with Crippen molar-refractivity contribution in [1.82, 2.24) is 15.3 Å². The quantitative estimate of drug-likeness (QED) is 0.591. The Bertz CT molecular complexity index is 580. The van der Waals surface area contributed by atoms with Crippen LogP contribution in [0, 0.1) is 6.92 Å². The van der Waals surface area contributed by atoms with Gasteiger partial charge in [-0.3, -0.25) is 4.79 Å². The monoisotopic (exact) mass is 341 g/mol. The van der Waals surface area contributed by atoms with E-state index in [9.17, 15) is 4.79 Å². The third kappa shape index (κ3) is 5.41. The lowest BCUT2D eigenvalue weighted by Crippen LogP contribution is -2.26. The Morgan fingerprint density at radius 2 is 2.29 bits per heavy atom. The van der Waals surface area contributed by atoms with Crippen molar-refractivity contribution in [2.45, 2.75) is 37.4 Å². The lowest BCUT2D eigenvalue weighted by molar-refractivity contribution is -0.120. The Balaban J connectivity index is 1.66. The highest BCUT2D eigenvalue weighted by Gasteiger charge is 2.08. The van der Waals surface area contributed by atoms with Gasteiger partial charge in [0.2, 0.25) is 5.91 Å². The number of hydrogen-bond acceptors (Lipinski definition) is 6. The van der Waals surface area contributed by atoms with Crippen molar-refractivity contribution in [3.63, 3.8) is 0 Å². The topological polar surface area (TPSA) is 54.9 Å². The number of thioether (sulfide) groups is 1. The highest BCUT2D eigenvalue weighted by atomic mass is 32.2. The summed E-state index contributed by atoms with van der Waals surface area (Å²) in [6.45, 7) is 4.83. The van der Waals surface area contributed by atoms with Crippen LogP contribution in [0.2, 0.25) is 0 Å². The molecule has 4 nitrogen and oxygen atoms in total. The molecule has 0 aliphatic carbocycles. The molecule has 0 fully saturated rings. The molecule has 0 saturated carbocycles. The molecule has 114 valence electrons. The summed E-state index contributed by atoms with van der Waals surface area (Å²) in [6.07, 6.45) is 2.30. The number of carbonyl (C=O) groups is 1. The van der Waals surface area contributed by atoms with E-state index in [0.717, 1.165) is 34.3 Å². The fourth-order valence-electron chi connectivity index (χ4n) is 1.83. The molecule has 0 saturated heterocycles. The van der Waals surface area contributed by atoms with Crippen molar-refractivity contribution in [2.75, 3.05) is 12.3 Å². The third-order valence-electron chi connectivity index (χ3n) is 2.89. The van der Waals surface area contributed by atoms with Crippen molar-refractivity contribution in [1.29, 1.82) is 0 Å². The summed E-state index contributed by atoms with van der Waals surface area (Å²) < 4.78 is 1.04. The van der Waals surface area contributed by atoms with Crippen molar-refractivity contribution in [3.05, 3.63) is 27.2 Å². The molecule has 0 unspecified atom stereocenters. The Hall–Kier alpha value is -0.920. The number of thiazole rings is 2. The minimum absolute atomic E-state index is 0.0503. The number of aromatic nitrogens is 2. The number of amides is 1. The maximum Gasteiger partial charge on any atom is 0.226 e. The van der Waals surface area contributed by atoms with Crippen LogP contribution in [0.25, 0.3) is 0 Å². The summed E-state index contributed by atoms with van der Waals surface area (Å²) >= 11 is 5.01. The zero-order valence-electron chi connectivity index (χ0n) is 12.2. The molecule has 0 radical (unpaired) electrons.